The SMILES string of the molecule is Cc1c(NC(=O)c2ccc(COc3ccc(F)cc3)o2)c(=O)n(-c2ccccc2)n1C. The first-order valence-corrected chi connectivity index (χ1v) is 9.56. The Hall–Kier alpha value is -4.07. The van der Waals surface area contributed by atoms with Crippen LogP contribution >= 0.6 is 0 Å². The molecule has 1 amide bonds. The molecule has 8 heteroatoms. The summed E-state index contributed by atoms with van der Waals surface area (Å²) in [4.78, 5) is 25.6. The van der Waals surface area contributed by atoms with Gasteiger partial charge in [-0.05, 0) is 55.5 Å². The molecule has 1 N–H and O–H groups in total. The van der Waals surface area contributed by atoms with Gasteiger partial charge in [0, 0.05) is 7.05 Å². The maximum atomic E-state index is 13.0. The molecule has 0 bridgehead atoms. The van der Waals surface area contributed by atoms with Gasteiger partial charge in [-0.3, -0.25) is 14.3 Å². The molecule has 0 atom stereocenters. The molecule has 0 aliphatic heterocycles. The van der Waals surface area contributed by atoms with Crippen molar-refractivity contribution in [1.29, 1.82) is 0 Å². The first-order chi connectivity index (χ1) is 14.9. The number of amides is 1. The van der Waals surface area contributed by atoms with Crippen LogP contribution in [0.5, 0.6) is 5.75 Å². The van der Waals surface area contributed by atoms with E-state index in [0.717, 1.165) is 0 Å². The molecule has 0 aliphatic carbocycles. The number of rotatable bonds is 6. The van der Waals surface area contributed by atoms with Crippen LogP contribution < -0.4 is 15.6 Å². The van der Waals surface area contributed by atoms with Crippen LogP contribution in [0.3, 0.4) is 0 Å². The number of furan rings is 1. The van der Waals surface area contributed by atoms with Crippen molar-refractivity contribution < 1.29 is 18.3 Å². The molecular formula is C23H20FN3O4. The number of ether oxygens (including phenoxy) is 1. The number of nitrogens with one attached hydrogen (secondary N) is 1. The second-order valence-corrected chi connectivity index (χ2v) is 6.90. The number of carbonyl (C=O) groups is 1. The van der Waals surface area contributed by atoms with Crippen LogP contribution in [0.1, 0.15) is 22.0 Å². The van der Waals surface area contributed by atoms with Gasteiger partial charge in [-0.15, -0.1) is 0 Å². The third-order valence-corrected chi connectivity index (χ3v) is 4.87. The monoisotopic (exact) mass is 421 g/mol. The summed E-state index contributed by atoms with van der Waals surface area (Å²) in [6.07, 6.45) is 0. The van der Waals surface area contributed by atoms with E-state index < -0.39 is 5.91 Å². The Morgan fingerprint density at radius 1 is 1.06 bits per heavy atom. The third-order valence-electron chi connectivity index (χ3n) is 4.87. The van der Waals surface area contributed by atoms with E-state index in [1.165, 1.54) is 35.0 Å². The van der Waals surface area contributed by atoms with Crippen molar-refractivity contribution in [2.45, 2.75) is 13.5 Å². The van der Waals surface area contributed by atoms with E-state index in [-0.39, 0.29) is 29.4 Å². The zero-order valence-corrected chi connectivity index (χ0v) is 17.0. The minimum absolute atomic E-state index is 0.0478. The molecular weight excluding hydrogens is 401 g/mol. The van der Waals surface area contributed by atoms with Gasteiger partial charge in [-0.25, -0.2) is 9.07 Å². The molecule has 0 aliphatic rings. The van der Waals surface area contributed by atoms with Crippen molar-refractivity contribution in [3.8, 4) is 11.4 Å². The predicted octanol–water partition coefficient (Wildman–Crippen LogP) is 4.05. The maximum absolute atomic E-state index is 13.0. The van der Waals surface area contributed by atoms with Gasteiger partial charge in [-0.1, -0.05) is 18.2 Å². The highest BCUT2D eigenvalue weighted by molar-refractivity contribution is 6.02. The summed E-state index contributed by atoms with van der Waals surface area (Å²) in [7, 11) is 1.75. The van der Waals surface area contributed by atoms with Gasteiger partial charge < -0.3 is 14.5 Å². The molecule has 2 aromatic carbocycles. The lowest BCUT2D eigenvalue weighted by molar-refractivity contribution is 0.0992. The highest BCUT2D eigenvalue weighted by atomic mass is 19.1. The summed E-state index contributed by atoms with van der Waals surface area (Å²) in [5.74, 6) is 0.0450. The van der Waals surface area contributed by atoms with Crippen molar-refractivity contribution in [2.75, 3.05) is 5.32 Å². The van der Waals surface area contributed by atoms with Crippen LogP contribution in [0.15, 0.2) is 75.9 Å². The molecule has 7 nitrogen and oxygen atoms in total. The van der Waals surface area contributed by atoms with Crippen LogP contribution in [0.4, 0.5) is 10.1 Å². The number of hydrogen-bond donors (Lipinski definition) is 1. The molecule has 0 radical (unpaired) electrons. The number of carbonyl (C=O) groups excluding carboxylic acids is 1. The van der Waals surface area contributed by atoms with Gasteiger partial charge in [0.2, 0.25) is 0 Å². The van der Waals surface area contributed by atoms with Gasteiger partial charge >= 0.3 is 0 Å². The molecule has 2 aromatic heterocycles. The molecule has 0 spiro atoms. The summed E-state index contributed by atoms with van der Waals surface area (Å²) in [5.41, 5.74) is 1.13. The molecule has 0 saturated heterocycles. The largest absolute Gasteiger partial charge is 0.486 e. The van der Waals surface area contributed by atoms with Crippen molar-refractivity contribution in [3.63, 3.8) is 0 Å². The standard InChI is InChI=1S/C23H20FN3O4/c1-15-21(23(29)27(26(15)2)17-6-4-3-5-7-17)25-22(28)20-13-12-19(31-20)14-30-18-10-8-16(24)9-11-18/h3-13H,14H2,1-2H3,(H,25,28). The summed E-state index contributed by atoms with van der Waals surface area (Å²) < 4.78 is 27.2. The van der Waals surface area contributed by atoms with Gasteiger partial charge in [0.25, 0.3) is 11.5 Å². The Morgan fingerprint density at radius 2 is 1.77 bits per heavy atom. The van der Waals surface area contributed by atoms with Crippen LogP contribution in [0.25, 0.3) is 5.69 Å². The first kappa shape index (κ1) is 20.2. The Balaban J connectivity index is 1.49. The molecule has 0 saturated carbocycles. The van der Waals surface area contributed by atoms with Crippen molar-refractivity contribution in [3.05, 3.63) is 100 Å². The predicted molar refractivity (Wildman–Crippen MR) is 113 cm³/mol. The van der Waals surface area contributed by atoms with E-state index in [2.05, 4.69) is 5.32 Å². The lowest BCUT2D eigenvalue weighted by Crippen LogP contribution is -2.22. The summed E-state index contributed by atoms with van der Waals surface area (Å²) in [6, 6.07) is 17.9. The zero-order chi connectivity index (χ0) is 22.0. The topological polar surface area (TPSA) is 78.4 Å². The van der Waals surface area contributed by atoms with E-state index in [0.29, 0.717) is 22.9 Å². The number of halogens is 1. The Labute approximate surface area is 177 Å². The summed E-state index contributed by atoms with van der Waals surface area (Å²) in [5, 5.41) is 2.65. The van der Waals surface area contributed by atoms with Crippen molar-refractivity contribution in [2.24, 2.45) is 7.05 Å². The van der Waals surface area contributed by atoms with Crippen LogP contribution in [-0.4, -0.2) is 15.3 Å². The number of nitrogens with zero attached hydrogens (tertiary/aromatic N) is 2. The fraction of sp³-hybridized carbons (Fsp3) is 0.130. The Morgan fingerprint density at radius 3 is 2.48 bits per heavy atom. The third kappa shape index (κ3) is 4.13. The minimum Gasteiger partial charge on any atom is -0.486 e. The van der Waals surface area contributed by atoms with Crippen molar-refractivity contribution >= 4 is 11.6 Å². The second kappa shape index (κ2) is 8.35. The molecule has 4 rings (SSSR count). The smallest absolute Gasteiger partial charge is 0.295 e. The van der Waals surface area contributed by atoms with E-state index in [1.54, 1.807) is 24.7 Å². The van der Waals surface area contributed by atoms with Crippen LogP contribution in [-0.2, 0) is 13.7 Å². The zero-order valence-electron chi connectivity index (χ0n) is 17.0. The normalized spacial score (nSPS) is 10.8. The molecule has 31 heavy (non-hydrogen) atoms. The highest BCUT2D eigenvalue weighted by Gasteiger charge is 2.20. The second-order valence-electron chi connectivity index (χ2n) is 6.90. The Bertz CT molecular complexity index is 1270. The van der Waals surface area contributed by atoms with Crippen molar-refractivity contribution in [1.82, 2.24) is 9.36 Å². The molecule has 0 fully saturated rings. The highest BCUT2D eigenvalue weighted by Crippen LogP contribution is 2.18. The van der Waals surface area contributed by atoms with Crippen LogP contribution in [0, 0.1) is 12.7 Å². The number of anilines is 1. The van der Waals surface area contributed by atoms with Gasteiger partial charge in [0.1, 0.15) is 29.6 Å². The van der Waals surface area contributed by atoms with Gasteiger partial charge in [-0.2, -0.15) is 0 Å². The summed E-state index contributed by atoms with van der Waals surface area (Å²) >= 11 is 0. The fourth-order valence-corrected chi connectivity index (χ4v) is 3.15. The average Bonchev–Trinajstić information content (AvgIpc) is 3.33. The summed E-state index contributed by atoms with van der Waals surface area (Å²) in [6.45, 7) is 1.82. The molecule has 0 unspecified atom stereocenters. The molecule has 4 aromatic rings. The van der Waals surface area contributed by atoms with E-state index in [9.17, 15) is 14.0 Å². The van der Waals surface area contributed by atoms with E-state index in [1.807, 2.05) is 30.3 Å². The average molecular weight is 421 g/mol. The van der Waals surface area contributed by atoms with E-state index in [4.69, 9.17) is 9.15 Å². The number of hydrogen-bond acceptors (Lipinski definition) is 4. The van der Waals surface area contributed by atoms with Gasteiger partial charge in [0.05, 0.1) is 11.4 Å². The number of benzene rings is 2. The number of aromatic nitrogens is 2. The fourth-order valence-electron chi connectivity index (χ4n) is 3.15. The Kier molecular flexibility index (Phi) is 5.44. The van der Waals surface area contributed by atoms with Gasteiger partial charge in [0.15, 0.2) is 5.76 Å². The number of para-hydroxylation sites is 1. The lowest BCUT2D eigenvalue weighted by atomic mass is 10.3. The molecule has 158 valence electrons. The maximum Gasteiger partial charge on any atom is 0.295 e. The quantitative estimate of drug-likeness (QED) is 0.510. The van der Waals surface area contributed by atoms with Crippen LogP contribution in [0.2, 0.25) is 0 Å². The lowest BCUT2D eigenvalue weighted by Gasteiger charge is -2.07. The molecule has 2 heterocycles. The van der Waals surface area contributed by atoms with E-state index >= 15 is 0 Å². The first-order valence-electron chi connectivity index (χ1n) is 9.56. The minimum atomic E-state index is -0.543.